The van der Waals surface area contributed by atoms with Crippen molar-refractivity contribution in [2.45, 2.75) is 0 Å². The molecule has 0 saturated heterocycles. The Morgan fingerprint density at radius 3 is 2.64 bits per heavy atom. The van der Waals surface area contributed by atoms with Gasteiger partial charge in [0.05, 0.1) is 11.6 Å². The van der Waals surface area contributed by atoms with Gasteiger partial charge in [0.1, 0.15) is 5.69 Å². The molecule has 22 heavy (non-hydrogen) atoms. The van der Waals surface area contributed by atoms with Gasteiger partial charge < -0.3 is 4.40 Å². The van der Waals surface area contributed by atoms with E-state index in [4.69, 9.17) is 16.9 Å². The highest BCUT2D eigenvalue weighted by Crippen LogP contribution is 2.29. The van der Waals surface area contributed by atoms with Crippen molar-refractivity contribution in [3.8, 4) is 17.2 Å². The molecule has 2 heterocycles. The number of benzene rings is 1. The van der Waals surface area contributed by atoms with Gasteiger partial charge >= 0.3 is 0 Å². The maximum Gasteiger partial charge on any atom is 0.294 e. The van der Waals surface area contributed by atoms with Gasteiger partial charge in [-0.05, 0) is 47.5 Å². The molecule has 0 aliphatic heterocycles. The van der Waals surface area contributed by atoms with E-state index < -0.39 is 11.0 Å². The summed E-state index contributed by atoms with van der Waals surface area (Å²) in [7, 11) is 0. The van der Waals surface area contributed by atoms with Crippen LogP contribution in [-0.2, 0) is 4.79 Å². The normalized spacial score (nSPS) is 10.4. The molecule has 0 amide bonds. The Kier molecular flexibility index (Phi) is 3.50. The molecule has 1 aromatic carbocycles. The van der Waals surface area contributed by atoms with E-state index >= 15 is 0 Å². The van der Waals surface area contributed by atoms with Crippen molar-refractivity contribution in [3.63, 3.8) is 0 Å². The summed E-state index contributed by atoms with van der Waals surface area (Å²) in [6, 6.07) is 16.1. The summed E-state index contributed by atoms with van der Waals surface area (Å²) in [5.41, 5.74) is 2.70. The summed E-state index contributed by atoms with van der Waals surface area (Å²) in [5.74, 6) is -0.773. The zero-order valence-corrected chi connectivity index (χ0v) is 12.0. The molecule has 0 radical (unpaired) electrons. The van der Waals surface area contributed by atoms with Crippen LogP contribution in [0.5, 0.6) is 0 Å². The molecular formula is C17H9ClN2O2. The number of hydrogen-bond acceptors (Lipinski definition) is 3. The van der Waals surface area contributed by atoms with Crippen LogP contribution in [0.15, 0.2) is 54.7 Å². The van der Waals surface area contributed by atoms with Gasteiger partial charge in [-0.3, -0.25) is 9.59 Å². The minimum atomic E-state index is -1.04. The topological polar surface area (TPSA) is 62.3 Å². The van der Waals surface area contributed by atoms with Gasteiger partial charge in [-0.25, -0.2) is 0 Å². The maximum absolute atomic E-state index is 12.2. The summed E-state index contributed by atoms with van der Waals surface area (Å²) in [4.78, 5) is 23.5. The Balaban J connectivity index is 2.33. The summed E-state index contributed by atoms with van der Waals surface area (Å²) < 4.78 is 1.62. The van der Waals surface area contributed by atoms with Crippen molar-refractivity contribution in [1.29, 1.82) is 5.26 Å². The number of rotatable bonds is 3. The summed E-state index contributed by atoms with van der Waals surface area (Å²) in [5, 5.41) is 7.98. The molecule has 0 atom stereocenters. The second-order valence-electron chi connectivity index (χ2n) is 4.70. The molecule has 2 aromatic heterocycles. The lowest BCUT2D eigenvalue weighted by molar-refractivity contribution is -0.108. The van der Waals surface area contributed by atoms with Gasteiger partial charge in [0.2, 0.25) is 0 Å². The van der Waals surface area contributed by atoms with Crippen LogP contribution in [0.4, 0.5) is 0 Å². The number of hydrogen-bond donors (Lipinski definition) is 0. The van der Waals surface area contributed by atoms with Gasteiger partial charge in [0.25, 0.3) is 11.0 Å². The highest BCUT2D eigenvalue weighted by Gasteiger charge is 2.23. The fourth-order valence-corrected chi connectivity index (χ4v) is 2.51. The second kappa shape index (κ2) is 5.47. The van der Waals surface area contributed by atoms with Crippen LogP contribution < -0.4 is 0 Å². The van der Waals surface area contributed by atoms with Crippen LogP contribution in [0.3, 0.4) is 0 Å². The number of halogens is 1. The van der Waals surface area contributed by atoms with E-state index in [1.165, 1.54) is 0 Å². The first-order chi connectivity index (χ1) is 10.6. The number of fused-ring (bicyclic) bond motifs is 1. The van der Waals surface area contributed by atoms with Gasteiger partial charge in [-0.1, -0.05) is 18.2 Å². The molecule has 0 aliphatic rings. The van der Waals surface area contributed by atoms with Crippen LogP contribution in [0.1, 0.15) is 16.1 Å². The summed E-state index contributed by atoms with van der Waals surface area (Å²) in [6.07, 6.45) is 1.69. The molecule has 106 valence electrons. The number of carbonyl (C=O) groups excluding carboxylic acids is 2. The van der Waals surface area contributed by atoms with E-state index in [-0.39, 0.29) is 5.69 Å². The third-order valence-electron chi connectivity index (χ3n) is 3.38. The van der Waals surface area contributed by atoms with E-state index in [1.54, 1.807) is 47.0 Å². The van der Waals surface area contributed by atoms with Crippen LogP contribution in [0, 0.1) is 11.3 Å². The molecule has 5 heteroatoms. The van der Waals surface area contributed by atoms with E-state index in [9.17, 15) is 9.59 Å². The van der Waals surface area contributed by atoms with E-state index in [1.807, 2.05) is 12.1 Å². The highest BCUT2D eigenvalue weighted by atomic mass is 35.5. The molecule has 0 unspecified atom stereocenters. The zero-order chi connectivity index (χ0) is 15.7. The lowest BCUT2D eigenvalue weighted by Crippen LogP contribution is -2.11. The molecule has 0 fully saturated rings. The smallest absolute Gasteiger partial charge is 0.294 e. The molecule has 3 aromatic rings. The van der Waals surface area contributed by atoms with Crippen molar-refractivity contribution in [3.05, 3.63) is 66.0 Å². The number of nitriles is 1. The zero-order valence-electron chi connectivity index (χ0n) is 11.3. The van der Waals surface area contributed by atoms with Crippen molar-refractivity contribution in [2.24, 2.45) is 0 Å². The molecule has 0 aliphatic carbocycles. The third kappa shape index (κ3) is 2.28. The number of nitrogens with zero attached hydrogens (tertiary/aromatic N) is 2. The lowest BCUT2D eigenvalue weighted by atomic mass is 10.0. The molecule has 0 bridgehead atoms. The fraction of sp³-hybridized carbons (Fsp3) is 0. The van der Waals surface area contributed by atoms with Crippen molar-refractivity contribution >= 4 is 28.1 Å². The predicted octanol–water partition coefficient (Wildman–Crippen LogP) is 3.43. The number of Topliss-reactive ketones (excluding diaryl/α,β-unsaturated/α-hetero) is 1. The van der Waals surface area contributed by atoms with Crippen molar-refractivity contribution in [1.82, 2.24) is 4.40 Å². The average Bonchev–Trinajstić information content (AvgIpc) is 2.93. The summed E-state index contributed by atoms with van der Waals surface area (Å²) in [6.45, 7) is 0. The quantitative estimate of drug-likeness (QED) is 0.423. The van der Waals surface area contributed by atoms with Gasteiger partial charge in [-0.15, -0.1) is 0 Å². The Morgan fingerprint density at radius 1 is 1.09 bits per heavy atom. The standard InChI is InChI=1S/C17H9ClN2O2/c18-17(22)16(21)15-14(9-13-6-1-2-7-20(13)15)12-5-3-4-11(8-12)10-19/h1-9H. The monoisotopic (exact) mass is 308 g/mol. The SMILES string of the molecule is N#Cc1cccc(-c2cc3ccccn3c2C(=O)C(=O)Cl)c1. The minimum absolute atomic E-state index is 0.200. The highest BCUT2D eigenvalue weighted by molar-refractivity contribution is 6.83. The molecule has 0 N–H and O–H groups in total. The molecule has 0 saturated carbocycles. The molecule has 4 nitrogen and oxygen atoms in total. The summed E-state index contributed by atoms with van der Waals surface area (Å²) >= 11 is 5.38. The van der Waals surface area contributed by atoms with E-state index in [0.717, 1.165) is 5.52 Å². The Hall–Kier alpha value is -2.90. The first kappa shape index (κ1) is 14.1. The van der Waals surface area contributed by atoms with Crippen LogP contribution in [-0.4, -0.2) is 15.4 Å². The number of ketones is 1. The van der Waals surface area contributed by atoms with E-state index in [2.05, 4.69) is 6.07 Å². The van der Waals surface area contributed by atoms with Crippen LogP contribution in [0.2, 0.25) is 0 Å². The number of aromatic nitrogens is 1. The average molecular weight is 309 g/mol. The minimum Gasteiger partial charge on any atom is -0.313 e. The third-order valence-corrected chi connectivity index (χ3v) is 3.55. The molecule has 0 spiro atoms. The van der Waals surface area contributed by atoms with E-state index in [0.29, 0.717) is 16.7 Å². The van der Waals surface area contributed by atoms with Gasteiger partial charge in [0.15, 0.2) is 0 Å². The largest absolute Gasteiger partial charge is 0.313 e. The second-order valence-corrected chi connectivity index (χ2v) is 5.04. The number of carbonyl (C=O) groups is 2. The predicted molar refractivity (Wildman–Crippen MR) is 82.7 cm³/mol. The first-order valence-corrected chi connectivity index (χ1v) is 6.84. The Bertz CT molecular complexity index is 951. The Labute approximate surface area is 131 Å². The van der Waals surface area contributed by atoms with Crippen LogP contribution in [0.25, 0.3) is 16.6 Å². The number of pyridine rings is 1. The van der Waals surface area contributed by atoms with Crippen molar-refractivity contribution < 1.29 is 9.59 Å². The maximum atomic E-state index is 12.2. The molecule has 3 rings (SSSR count). The fourth-order valence-electron chi connectivity index (χ4n) is 2.42. The van der Waals surface area contributed by atoms with Gasteiger partial charge in [0, 0.05) is 17.3 Å². The van der Waals surface area contributed by atoms with Crippen molar-refractivity contribution in [2.75, 3.05) is 0 Å². The first-order valence-electron chi connectivity index (χ1n) is 6.46. The van der Waals surface area contributed by atoms with Gasteiger partial charge in [-0.2, -0.15) is 5.26 Å². The molecular weight excluding hydrogens is 300 g/mol. The Morgan fingerprint density at radius 2 is 1.91 bits per heavy atom. The van der Waals surface area contributed by atoms with Crippen LogP contribution >= 0.6 is 11.6 Å². The lowest BCUT2D eigenvalue weighted by Gasteiger charge is -2.04.